The largest absolute Gasteiger partial charge is 0.353 e. The Morgan fingerprint density at radius 2 is 1.73 bits per heavy atom. The van der Waals surface area contributed by atoms with Crippen LogP contribution in [-0.4, -0.2) is 42.1 Å². The normalized spacial score (nSPS) is 14.7. The first kappa shape index (κ1) is 14.4. The molecule has 1 fully saturated rings. The molecule has 0 spiro atoms. The molecule has 1 aromatic heterocycles. The lowest BCUT2D eigenvalue weighted by Gasteiger charge is -2.35. The van der Waals surface area contributed by atoms with Gasteiger partial charge in [-0.2, -0.15) is 0 Å². The van der Waals surface area contributed by atoms with Gasteiger partial charge in [0.05, 0.1) is 0 Å². The van der Waals surface area contributed by atoms with Crippen LogP contribution in [0, 0.1) is 0 Å². The lowest BCUT2D eigenvalue weighted by atomic mass is 10.2. The molecule has 1 aromatic carbocycles. The number of carbonyl (C=O) groups excluding carboxylic acids is 1. The molecule has 2 heterocycles. The number of carbonyl (C=O) groups is 1. The smallest absolute Gasteiger partial charge is 0.317 e. The first-order valence-corrected chi connectivity index (χ1v) is 7.55. The molecule has 114 valence electrons. The van der Waals surface area contributed by atoms with Gasteiger partial charge in [-0.25, -0.2) is 9.78 Å². The summed E-state index contributed by atoms with van der Waals surface area (Å²) in [5, 5.41) is 2.98. The van der Waals surface area contributed by atoms with E-state index in [1.165, 1.54) is 0 Å². The van der Waals surface area contributed by atoms with E-state index in [1.54, 1.807) is 6.20 Å². The van der Waals surface area contributed by atoms with Gasteiger partial charge in [-0.3, -0.25) is 0 Å². The zero-order valence-corrected chi connectivity index (χ0v) is 12.5. The summed E-state index contributed by atoms with van der Waals surface area (Å²) in [7, 11) is 0. The number of pyridine rings is 1. The van der Waals surface area contributed by atoms with Crippen LogP contribution >= 0.6 is 0 Å². The fourth-order valence-electron chi connectivity index (χ4n) is 2.56. The zero-order valence-electron chi connectivity index (χ0n) is 12.5. The van der Waals surface area contributed by atoms with Gasteiger partial charge in [0.25, 0.3) is 0 Å². The number of urea groups is 1. The van der Waals surface area contributed by atoms with Crippen molar-refractivity contribution in [1.29, 1.82) is 0 Å². The number of hydrogen-bond donors (Lipinski definition) is 1. The molecule has 1 aliphatic rings. The maximum atomic E-state index is 12.2. The van der Waals surface area contributed by atoms with E-state index in [1.807, 2.05) is 53.4 Å². The van der Waals surface area contributed by atoms with Crippen LogP contribution in [0.1, 0.15) is 5.56 Å². The number of benzene rings is 1. The van der Waals surface area contributed by atoms with Gasteiger partial charge < -0.3 is 15.1 Å². The molecule has 2 aromatic rings. The van der Waals surface area contributed by atoms with Crippen molar-refractivity contribution in [2.45, 2.75) is 6.54 Å². The van der Waals surface area contributed by atoms with E-state index in [-0.39, 0.29) is 6.03 Å². The van der Waals surface area contributed by atoms with E-state index >= 15 is 0 Å². The molecule has 22 heavy (non-hydrogen) atoms. The highest BCUT2D eigenvalue weighted by Crippen LogP contribution is 2.12. The van der Waals surface area contributed by atoms with Gasteiger partial charge in [-0.1, -0.05) is 36.4 Å². The minimum atomic E-state index is 0.00419. The summed E-state index contributed by atoms with van der Waals surface area (Å²) in [6.07, 6.45) is 1.80. The molecule has 1 aliphatic heterocycles. The Labute approximate surface area is 130 Å². The molecular formula is C17H20N4O. The highest BCUT2D eigenvalue weighted by molar-refractivity contribution is 5.74. The molecule has 0 bridgehead atoms. The van der Waals surface area contributed by atoms with Gasteiger partial charge in [0.15, 0.2) is 0 Å². The maximum absolute atomic E-state index is 12.2. The van der Waals surface area contributed by atoms with Crippen LogP contribution in [0.3, 0.4) is 0 Å². The number of hydrogen-bond acceptors (Lipinski definition) is 3. The van der Waals surface area contributed by atoms with Crippen molar-refractivity contribution in [2.24, 2.45) is 0 Å². The molecule has 1 saturated heterocycles. The molecule has 0 unspecified atom stereocenters. The van der Waals surface area contributed by atoms with Crippen molar-refractivity contribution in [3.8, 4) is 0 Å². The van der Waals surface area contributed by atoms with Crippen LogP contribution in [-0.2, 0) is 6.54 Å². The second kappa shape index (κ2) is 6.93. The number of piperazine rings is 1. The van der Waals surface area contributed by atoms with E-state index in [0.29, 0.717) is 6.54 Å². The number of nitrogens with one attached hydrogen (secondary N) is 1. The van der Waals surface area contributed by atoms with Gasteiger partial charge >= 0.3 is 6.03 Å². The number of aromatic nitrogens is 1. The van der Waals surface area contributed by atoms with E-state index in [9.17, 15) is 4.79 Å². The van der Waals surface area contributed by atoms with Crippen LogP contribution < -0.4 is 10.2 Å². The third-order valence-electron chi connectivity index (χ3n) is 3.83. The number of anilines is 1. The molecule has 3 rings (SSSR count). The average molecular weight is 296 g/mol. The molecule has 5 nitrogen and oxygen atoms in total. The maximum Gasteiger partial charge on any atom is 0.317 e. The Morgan fingerprint density at radius 1 is 1.00 bits per heavy atom. The van der Waals surface area contributed by atoms with E-state index < -0.39 is 0 Å². The second-order valence-corrected chi connectivity index (χ2v) is 5.31. The van der Waals surface area contributed by atoms with Crippen molar-refractivity contribution in [3.05, 3.63) is 60.3 Å². The highest BCUT2D eigenvalue weighted by atomic mass is 16.2. The Hall–Kier alpha value is -2.56. The lowest BCUT2D eigenvalue weighted by Crippen LogP contribution is -2.51. The topological polar surface area (TPSA) is 48.5 Å². The lowest BCUT2D eigenvalue weighted by molar-refractivity contribution is 0.194. The molecule has 0 aliphatic carbocycles. The molecule has 0 radical (unpaired) electrons. The van der Waals surface area contributed by atoms with Crippen LogP contribution in [0.2, 0.25) is 0 Å². The van der Waals surface area contributed by atoms with Gasteiger partial charge in [0.2, 0.25) is 0 Å². The predicted octanol–water partition coefficient (Wildman–Crippen LogP) is 2.11. The van der Waals surface area contributed by atoms with Crippen LogP contribution in [0.4, 0.5) is 10.6 Å². The molecular weight excluding hydrogens is 276 g/mol. The Balaban J connectivity index is 1.48. The molecule has 0 saturated carbocycles. The predicted molar refractivity (Wildman–Crippen MR) is 86.7 cm³/mol. The summed E-state index contributed by atoms with van der Waals surface area (Å²) in [4.78, 5) is 20.6. The van der Waals surface area contributed by atoms with E-state index in [2.05, 4.69) is 15.2 Å². The standard InChI is InChI=1S/C17H20N4O/c22-17(19-14-15-6-2-1-3-7-15)21-12-10-20(11-13-21)16-8-4-5-9-18-16/h1-9H,10-14H2,(H,19,22). The van der Waals surface area contributed by atoms with Crippen molar-refractivity contribution < 1.29 is 4.79 Å². The second-order valence-electron chi connectivity index (χ2n) is 5.31. The van der Waals surface area contributed by atoms with Crippen molar-refractivity contribution in [3.63, 3.8) is 0 Å². The van der Waals surface area contributed by atoms with Crippen LogP contribution in [0.5, 0.6) is 0 Å². The van der Waals surface area contributed by atoms with Crippen molar-refractivity contribution in [2.75, 3.05) is 31.1 Å². The fourth-order valence-corrected chi connectivity index (χ4v) is 2.56. The first-order valence-electron chi connectivity index (χ1n) is 7.55. The first-order chi connectivity index (χ1) is 10.8. The third kappa shape index (κ3) is 3.55. The average Bonchev–Trinajstić information content (AvgIpc) is 2.61. The van der Waals surface area contributed by atoms with Crippen LogP contribution in [0.15, 0.2) is 54.7 Å². The fraction of sp³-hybridized carbons (Fsp3) is 0.294. The van der Waals surface area contributed by atoms with E-state index in [4.69, 9.17) is 0 Å². The van der Waals surface area contributed by atoms with Gasteiger partial charge in [0.1, 0.15) is 5.82 Å². The summed E-state index contributed by atoms with van der Waals surface area (Å²) in [6.45, 7) is 3.64. The quantitative estimate of drug-likeness (QED) is 0.944. The van der Waals surface area contributed by atoms with Gasteiger partial charge in [-0.15, -0.1) is 0 Å². The minimum absolute atomic E-state index is 0.00419. The van der Waals surface area contributed by atoms with Crippen molar-refractivity contribution >= 4 is 11.8 Å². The monoisotopic (exact) mass is 296 g/mol. The van der Waals surface area contributed by atoms with Gasteiger partial charge in [-0.05, 0) is 17.7 Å². The number of amides is 2. The SMILES string of the molecule is O=C(NCc1ccccc1)N1CCN(c2ccccn2)CC1. The third-order valence-corrected chi connectivity index (χ3v) is 3.83. The summed E-state index contributed by atoms with van der Waals surface area (Å²) in [6, 6.07) is 15.9. The summed E-state index contributed by atoms with van der Waals surface area (Å²) in [5.41, 5.74) is 1.11. The summed E-state index contributed by atoms with van der Waals surface area (Å²) < 4.78 is 0. The van der Waals surface area contributed by atoms with Crippen LogP contribution in [0.25, 0.3) is 0 Å². The Morgan fingerprint density at radius 3 is 2.41 bits per heavy atom. The molecule has 2 amide bonds. The molecule has 0 atom stereocenters. The Kier molecular flexibility index (Phi) is 4.53. The minimum Gasteiger partial charge on any atom is -0.353 e. The highest BCUT2D eigenvalue weighted by Gasteiger charge is 2.21. The van der Waals surface area contributed by atoms with E-state index in [0.717, 1.165) is 37.6 Å². The summed E-state index contributed by atoms with van der Waals surface area (Å²) in [5.74, 6) is 0.979. The Bertz CT molecular complexity index is 595. The summed E-state index contributed by atoms with van der Waals surface area (Å²) >= 11 is 0. The molecule has 5 heteroatoms. The number of nitrogens with zero attached hydrogens (tertiary/aromatic N) is 3. The van der Waals surface area contributed by atoms with Crippen molar-refractivity contribution in [1.82, 2.24) is 15.2 Å². The van der Waals surface area contributed by atoms with Gasteiger partial charge in [0, 0.05) is 38.9 Å². The zero-order chi connectivity index (χ0) is 15.2. The number of rotatable bonds is 3. The molecule has 1 N–H and O–H groups in total.